The van der Waals surface area contributed by atoms with Crippen LogP contribution in [0.25, 0.3) is 0 Å². The Bertz CT molecular complexity index is 562. The fourth-order valence-electron chi connectivity index (χ4n) is 2.97. The van der Waals surface area contributed by atoms with Crippen LogP contribution in [0.2, 0.25) is 0 Å². The third kappa shape index (κ3) is 2.76. The molecular weight excluding hydrogens is 280 g/mol. The van der Waals surface area contributed by atoms with E-state index in [-0.39, 0.29) is 11.3 Å². The minimum Gasteiger partial charge on any atom is -0.493 e. The van der Waals surface area contributed by atoms with Gasteiger partial charge in [-0.2, -0.15) is 4.99 Å². The number of isocyanates is 1. The molecule has 0 unspecified atom stereocenters. The minimum absolute atomic E-state index is 0.173. The van der Waals surface area contributed by atoms with Crippen LogP contribution in [0.3, 0.4) is 0 Å². The quantitative estimate of drug-likeness (QED) is 0.614. The third-order valence-electron chi connectivity index (χ3n) is 3.98. The summed E-state index contributed by atoms with van der Waals surface area (Å²) in [5, 5.41) is 0. The zero-order valence-electron chi connectivity index (χ0n) is 12.0. The van der Waals surface area contributed by atoms with Crippen molar-refractivity contribution < 1.29 is 23.0 Å². The zero-order chi connectivity index (χ0) is 15.5. The summed E-state index contributed by atoms with van der Waals surface area (Å²) in [6.45, 7) is 0. The number of carbonyl (C=O) groups excluding carboxylic acids is 1. The van der Waals surface area contributed by atoms with Crippen LogP contribution in [0.15, 0.2) is 17.1 Å². The first-order valence-corrected chi connectivity index (χ1v) is 6.71. The van der Waals surface area contributed by atoms with Crippen molar-refractivity contribution in [1.82, 2.24) is 0 Å². The lowest BCUT2D eigenvalue weighted by atomic mass is 9.85. The molecule has 0 heterocycles. The van der Waals surface area contributed by atoms with Crippen LogP contribution >= 0.6 is 0 Å². The second-order valence-corrected chi connectivity index (χ2v) is 5.04. The SMILES string of the molecule is COc1cc(C(F)F)c(C2(N=C=O)CCCC2)cc1OC. The van der Waals surface area contributed by atoms with E-state index in [4.69, 9.17) is 9.47 Å². The Hall–Kier alpha value is -1.94. The zero-order valence-corrected chi connectivity index (χ0v) is 12.0. The van der Waals surface area contributed by atoms with Crippen LogP contribution in [0.5, 0.6) is 11.5 Å². The van der Waals surface area contributed by atoms with Crippen molar-refractivity contribution >= 4 is 6.08 Å². The van der Waals surface area contributed by atoms with Crippen molar-refractivity contribution in [2.24, 2.45) is 4.99 Å². The second kappa shape index (κ2) is 6.22. The summed E-state index contributed by atoms with van der Waals surface area (Å²) in [7, 11) is 2.83. The van der Waals surface area contributed by atoms with Gasteiger partial charge in [0.2, 0.25) is 6.08 Å². The molecule has 0 radical (unpaired) electrons. The number of alkyl halides is 2. The fraction of sp³-hybridized carbons (Fsp3) is 0.533. The molecule has 1 saturated carbocycles. The van der Waals surface area contributed by atoms with Gasteiger partial charge in [-0.25, -0.2) is 13.6 Å². The molecule has 1 fully saturated rings. The van der Waals surface area contributed by atoms with E-state index in [0.29, 0.717) is 24.2 Å². The molecule has 6 heteroatoms. The molecule has 0 saturated heterocycles. The molecule has 0 spiro atoms. The first kappa shape index (κ1) is 15.4. The van der Waals surface area contributed by atoms with Gasteiger partial charge in [-0.05, 0) is 30.5 Å². The van der Waals surface area contributed by atoms with Gasteiger partial charge in [0.1, 0.15) is 0 Å². The Morgan fingerprint density at radius 2 is 1.76 bits per heavy atom. The molecule has 0 aromatic heterocycles. The predicted octanol–water partition coefficient (Wildman–Crippen LogP) is 3.75. The Balaban J connectivity index is 2.67. The largest absolute Gasteiger partial charge is 0.493 e. The van der Waals surface area contributed by atoms with Crippen molar-refractivity contribution in [2.75, 3.05) is 14.2 Å². The molecule has 1 aromatic carbocycles. The third-order valence-corrected chi connectivity index (χ3v) is 3.98. The number of benzene rings is 1. The van der Waals surface area contributed by atoms with Gasteiger partial charge in [0.05, 0.1) is 19.8 Å². The lowest BCUT2D eigenvalue weighted by Crippen LogP contribution is -2.21. The van der Waals surface area contributed by atoms with Crippen LogP contribution in [-0.4, -0.2) is 20.3 Å². The van der Waals surface area contributed by atoms with E-state index in [1.807, 2.05) is 0 Å². The van der Waals surface area contributed by atoms with E-state index in [2.05, 4.69) is 4.99 Å². The Morgan fingerprint density at radius 1 is 1.19 bits per heavy atom. The number of aliphatic imine (C=N–C) groups is 1. The molecule has 0 amide bonds. The van der Waals surface area contributed by atoms with Crippen molar-refractivity contribution in [3.63, 3.8) is 0 Å². The van der Waals surface area contributed by atoms with Gasteiger partial charge in [-0.3, -0.25) is 0 Å². The van der Waals surface area contributed by atoms with Crippen molar-refractivity contribution in [2.45, 2.75) is 37.6 Å². The van der Waals surface area contributed by atoms with Gasteiger partial charge in [-0.15, -0.1) is 0 Å². The van der Waals surface area contributed by atoms with Gasteiger partial charge in [0.25, 0.3) is 6.43 Å². The van der Waals surface area contributed by atoms with Crippen LogP contribution in [0.1, 0.15) is 43.2 Å². The molecule has 1 aromatic rings. The lowest BCUT2D eigenvalue weighted by molar-refractivity contribution is 0.147. The highest BCUT2D eigenvalue weighted by atomic mass is 19.3. The van der Waals surface area contributed by atoms with Crippen molar-refractivity contribution in [3.05, 3.63) is 23.3 Å². The van der Waals surface area contributed by atoms with E-state index in [9.17, 15) is 13.6 Å². The topological polar surface area (TPSA) is 47.9 Å². The lowest BCUT2D eigenvalue weighted by Gasteiger charge is -2.27. The molecule has 1 aliphatic carbocycles. The number of halogens is 2. The Kier molecular flexibility index (Phi) is 4.58. The number of methoxy groups -OCH3 is 2. The molecule has 21 heavy (non-hydrogen) atoms. The number of ether oxygens (including phenoxy) is 2. The van der Waals surface area contributed by atoms with E-state index in [0.717, 1.165) is 12.8 Å². The number of nitrogens with zero attached hydrogens (tertiary/aromatic N) is 1. The summed E-state index contributed by atoms with van der Waals surface area (Å²) in [4.78, 5) is 14.6. The van der Waals surface area contributed by atoms with E-state index >= 15 is 0 Å². The van der Waals surface area contributed by atoms with Crippen LogP contribution in [-0.2, 0) is 10.3 Å². The molecule has 4 nitrogen and oxygen atoms in total. The molecule has 0 atom stereocenters. The summed E-state index contributed by atoms with van der Waals surface area (Å²) in [5.41, 5.74) is -0.767. The maximum absolute atomic E-state index is 13.4. The highest BCUT2D eigenvalue weighted by molar-refractivity contribution is 5.52. The molecule has 0 N–H and O–H groups in total. The highest BCUT2D eigenvalue weighted by Gasteiger charge is 2.39. The van der Waals surface area contributed by atoms with Crippen molar-refractivity contribution in [1.29, 1.82) is 0 Å². The number of hydrogen-bond acceptors (Lipinski definition) is 4. The fourth-order valence-corrected chi connectivity index (χ4v) is 2.97. The Labute approximate surface area is 121 Å². The number of hydrogen-bond donors (Lipinski definition) is 0. The second-order valence-electron chi connectivity index (χ2n) is 5.04. The minimum atomic E-state index is -2.68. The van der Waals surface area contributed by atoms with Crippen LogP contribution < -0.4 is 9.47 Å². The summed E-state index contributed by atoms with van der Waals surface area (Å²) in [6, 6.07) is 2.77. The first-order valence-electron chi connectivity index (χ1n) is 6.71. The highest BCUT2D eigenvalue weighted by Crippen LogP contribution is 2.48. The molecule has 0 aliphatic heterocycles. The molecule has 1 aliphatic rings. The monoisotopic (exact) mass is 297 g/mol. The van der Waals surface area contributed by atoms with Crippen molar-refractivity contribution in [3.8, 4) is 11.5 Å². The maximum Gasteiger partial charge on any atom is 0.264 e. The summed E-state index contributed by atoms with van der Waals surface area (Å²) >= 11 is 0. The van der Waals surface area contributed by atoms with E-state index in [1.165, 1.54) is 32.4 Å². The molecule has 114 valence electrons. The normalized spacial score (nSPS) is 16.6. The van der Waals surface area contributed by atoms with Gasteiger partial charge >= 0.3 is 0 Å². The summed E-state index contributed by atoms with van der Waals surface area (Å²) in [5.74, 6) is 0.587. The molecular formula is C15H17F2NO3. The average Bonchev–Trinajstić information content (AvgIpc) is 2.95. The standard InChI is InChI=1S/C15H17F2NO3/c1-20-12-7-10(14(16)17)11(8-13(12)21-2)15(18-9-19)5-3-4-6-15/h7-8,14H,3-6H2,1-2H3. The van der Waals surface area contributed by atoms with E-state index in [1.54, 1.807) is 0 Å². The summed E-state index contributed by atoms with van der Waals surface area (Å²) < 4.78 is 37.1. The molecule has 2 rings (SSSR count). The average molecular weight is 297 g/mol. The van der Waals surface area contributed by atoms with Gasteiger partial charge in [0, 0.05) is 5.56 Å². The molecule has 0 bridgehead atoms. The number of rotatable bonds is 5. The van der Waals surface area contributed by atoms with Gasteiger partial charge < -0.3 is 9.47 Å². The Morgan fingerprint density at radius 3 is 2.24 bits per heavy atom. The van der Waals surface area contributed by atoms with Gasteiger partial charge in [-0.1, -0.05) is 12.8 Å². The van der Waals surface area contributed by atoms with Gasteiger partial charge in [0.15, 0.2) is 11.5 Å². The maximum atomic E-state index is 13.4. The van der Waals surface area contributed by atoms with Crippen LogP contribution in [0, 0.1) is 0 Å². The smallest absolute Gasteiger partial charge is 0.264 e. The summed E-state index contributed by atoms with van der Waals surface area (Å²) in [6.07, 6.45) is 1.63. The van der Waals surface area contributed by atoms with E-state index < -0.39 is 12.0 Å². The first-order chi connectivity index (χ1) is 10.1. The van der Waals surface area contributed by atoms with Crippen LogP contribution in [0.4, 0.5) is 8.78 Å². The predicted molar refractivity (Wildman–Crippen MR) is 72.8 cm³/mol.